The third-order valence-corrected chi connectivity index (χ3v) is 5.62. The summed E-state index contributed by atoms with van der Waals surface area (Å²) in [6, 6.07) is 5.30. The van der Waals surface area contributed by atoms with E-state index in [0.29, 0.717) is 0 Å². The van der Waals surface area contributed by atoms with E-state index in [-0.39, 0.29) is 30.1 Å². The quantitative estimate of drug-likeness (QED) is 0.281. The summed E-state index contributed by atoms with van der Waals surface area (Å²) in [7, 11) is 0. The van der Waals surface area contributed by atoms with E-state index in [4.69, 9.17) is 15.2 Å². The van der Waals surface area contributed by atoms with Crippen molar-refractivity contribution in [1.82, 2.24) is 24.4 Å². The fourth-order valence-electron chi connectivity index (χ4n) is 3.94. The van der Waals surface area contributed by atoms with Gasteiger partial charge < -0.3 is 25.2 Å². The number of carbonyl (C=O) groups is 4. The Balaban J connectivity index is 1.49. The van der Waals surface area contributed by atoms with Crippen LogP contribution in [0.1, 0.15) is 32.4 Å². The van der Waals surface area contributed by atoms with E-state index >= 15 is 0 Å². The molecule has 1 aliphatic rings. The van der Waals surface area contributed by atoms with Crippen LogP contribution in [-0.2, 0) is 30.5 Å². The van der Waals surface area contributed by atoms with Crippen molar-refractivity contribution >= 4 is 40.9 Å². The molecule has 200 valence electrons. The van der Waals surface area contributed by atoms with Gasteiger partial charge in [0.1, 0.15) is 30.6 Å². The Morgan fingerprint density at radius 2 is 1.87 bits per heavy atom. The van der Waals surface area contributed by atoms with Crippen LogP contribution in [0.15, 0.2) is 43.0 Å². The molecule has 4 N–H and O–H groups in total. The van der Waals surface area contributed by atoms with E-state index in [1.165, 1.54) is 10.9 Å². The zero-order chi connectivity index (χ0) is 27.6. The third-order valence-electron chi connectivity index (χ3n) is 5.62. The van der Waals surface area contributed by atoms with Gasteiger partial charge in [0, 0.05) is 6.54 Å². The Kier molecular flexibility index (Phi) is 7.26. The Morgan fingerprint density at radius 3 is 2.53 bits per heavy atom. The lowest BCUT2D eigenvalue weighted by Crippen LogP contribution is -2.67. The number of imidazole rings is 1. The van der Waals surface area contributed by atoms with Crippen molar-refractivity contribution < 1.29 is 33.8 Å². The number of carbonyl (C=O) groups excluding carboxylic acids is 3. The summed E-state index contributed by atoms with van der Waals surface area (Å²) in [4.78, 5) is 62.9. The number of nitrogens with two attached hydrogens (primary N) is 1. The summed E-state index contributed by atoms with van der Waals surface area (Å²) in [6.07, 6.45) is 1.60. The molecule has 1 saturated heterocycles. The molecule has 1 fully saturated rings. The van der Waals surface area contributed by atoms with E-state index in [2.05, 4.69) is 20.3 Å². The van der Waals surface area contributed by atoms with E-state index in [9.17, 15) is 24.3 Å². The molecule has 3 heterocycles. The number of carboxylic acids is 1. The van der Waals surface area contributed by atoms with E-state index in [0.717, 1.165) is 16.8 Å². The predicted molar refractivity (Wildman–Crippen MR) is 132 cm³/mol. The SMILES string of the molecule is CC(C)(C)OC(=O)C(N)CN1C(=O)C(n2cnc3c(NC(=O)OCc4ccccc4)ncnc32)C1C(=O)O. The molecule has 2 amide bonds. The predicted octanol–water partition coefficient (Wildman–Crippen LogP) is 1.08. The molecule has 0 radical (unpaired) electrons. The van der Waals surface area contributed by atoms with Gasteiger partial charge in [-0.25, -0.2) is 24.5 Å². The van der Waals surface area contributed by atoms with Gasteiger partial charge in [-0.2, -0.15) is 0 Å². The minimum atomic E-state index is -1.34. The number of benzene rings is 1. The van der Waals surface area contributed by atoms with Gasteiger partial charge in [-0.15, -0.1) is 0 Å². The van der Waals surface area contributed by atoms with Crippen LogP contribution in [0.4, 0.5) is 10.6 Å². The van der Waals surface area contributed by atoms with Gasteiger partial charge in [-0.1, -0.05) is 30.3 Å². The number of hydrogen-bond acceptors (Lipinski definition) is 10. The number of esters is 1. The molecular weight excluding hydrogens is 498 g/mol. The number of β-lactam (4-membered cyclic amide) rings is 1. The molecule has 0 bridgehead atoms. The summed E-state index contributed by atoms with van der Waals surface area (Å²) < 4.78 is 11.7. The van der Waals surface area contributed by atoms with Crippen LogP contribution < -0.4 is 11.1 Å². The Bertz CT molecular complexity index is 1370. The molecule has 0 spiro atoms. The van der Waals surface area contributed by atoms with Crippen LogP contribution in [-0.4, -0.2) is 77.7 Å². The second-order valence-corrected chi connectivity index (χ2v) is 9.59. The minimum absolute atomic E-state index is 0.0225. The summed E-state index contributed by atoms with van der Waals surface area (Å²) in [6.45, 7) is 4.69. The monoisotopic (exact) mass is 525 g/mol. The number of likely N-dealkylation sites (tertiary alicyclic amines) is 1. The molecule has 3 aromatic rings. The number of aliphatic carboxylic acids is 1. The second-order valence-electron chi connectivity index (χ2n) is 9.59. The zero-order valence-corrected chi connectivity index (χ0v) is 20.9. The van der Waals surface area contributed by atoms with Crippen molar-refractivity contribution in [3.8, 4) is 0 Å². The number of amides is 2. The molecule has 1 aromatic carbocycles. The number of anilines is 1. The molecule has 38 heavy (non-hydrogen) atoms. The first-order valence-electron chi connectivity index (χ1n) is 11.6. The molecule has 4 rings (SSSR count). The maximum atomic E-state index is 13.0. The highest BCUT2D eigenvalue weighted by Gasteiger charge is 2.54. The van der Waals surface area contributed by atoms with Crippen molar-refractivity contribution in [2.45, 2.75) is 51.1 Å². The lowest BCUT2D eigenvalue weighted by molar-refractivity contribution is -0.171. The summed E-state index contributed by atoms with van der Waals surface area (Å²) in [5.41, 5.74) is 6.14. The van der Waals surface area contributed by atoms with Crippen LogP contribution in [0.3, 0.4) is 0 Å². The number of carboxylic acid groups (broad SMARTS) is 1. The van der Waals surface area contributed by atoms with Crippen molar-refractivity contribution in [1.29, 1.82) is 0 Å². The van der Waals surface area contributed by atoms with Gasteiger partial charge in [0.25, 0.3) is 0 Å². The first-order valence-corrected chi connectivity index (χ1v) is 11.6. The molecule has 0 aliphatic carbocycles. The largest absolute Gasteiger partial charge is 0.480 e. The summed E-state index contributed by atoms with van der Waals surface area (Å²) in [5.74, 6) is -2.63. The highest BCUT2D eigenvalue weighted by atomic mass is 16.6. The average Bonchev–Trinajstić information content (AvgIpc) is 3.27. The highest BCUT2D eigenvalue weighted by Crippen LogP contribution is 2.34. The number of nitrogens with zero attached hydrogens (tertiary/aromatic N) is 5. The van der Waals surface area contributed by atoms with E-state index in [1.807, 2.05) is 18.2 Å². The maximum absolute atomic E-state index is 13.0. The van der Waals surface area contributed by atoms with Crippen LogP contribution in [0.25, 0.3) is 11.2 Å². The summed E-state index contributed by atoms with van der Waals surface area (Å²) in [5, 5.41) is 12.3. The van der Waals surface area contributed by atoms with Crippen molar-refractivity contribution in [3.63, 3.8) is 0 Å². The number of rotatable bonds is 8. The highest BCUT2D eigenvalue weighted by molar-refractivity contribution is 6.00. The fraction of sp³-hybridized carbons (Fsp3) is 0.375. The summed E-state index contributed by atoms with van der Waals surface area (Å²) >= 11 is 0. The topological polar surface area (TPSA) is 192 Å². The lowest BCUT2D eigenvalue weighted by atomic mass is 9.93. The van der Waals surface area contributed by atoms with Crippen molar-refractivity contribution in [3.05, 3.63) is 48.5 Å². The van der Waals surface area contributed by atoms with Crippen molar-refractivity contribution in [2.75, 3.05) is 11.9 Å². The van der Waals surface area contributed by atoms with Gasteiger partial charge in [0.2, 0.25) is 5.91 Å². The first-order chi connectivity index (χ1) is 18.0. The normalized spacial score (nSPS) is 18.0. The van der Waals surface area contributed by atoms with Gasteiger partial charge in [0.15, 0.2) is 23.0 Å². The number of fused-ring (bicyclic) bond motifs is 1. The average molecular weight is 526 g/mol. The molecule has 1 aliphatic heterocycles. The van der Waals surface area contributed by atoms with Crippen LogP contribution >= 0.6 is 0 Å². The number of hydrogen-bond donors (Lipinski definition) is 3. The van der Waals surface area contributed by atoms with Gasteiger partial charge in [-0.05, 0) is 26.3 Å². The molecule has 2 aromatic heterocycles. The molecular formula is C24H27N7O7. The number of nitrogens with one attached hydrogen (secondary N) is 1. The second kappa shape index (κ2) is 10.4. The molecule has 14 heteroatoms. The molecule has 0 saturated carbocycles. The number of aromatic nitrogens is 4. The van der Waals surface area contributed by atoms with Crippen LogP contribution in [0.2, 0.25) is 0 Å². The first kappa shape index (κ1) is 26.5. The molecule has 3 unspecified atom stereocenters. The lowest BCUT2D eigenvalue weighted by Gasteiger charge is -2.45. The zero-order valence-electron chi connectivity index (χ0n) is 20.9. The Hall–Kier alpha value is -4.59. The fourth-order valence-corrected chi connectivity index (χ4v) is 3.94. The van der Waals surface area contributed by atoms with Crippen LogP contribution in [0.5, 0.6) is 0 Å². The maximum Gasteiger partial charge on any atom is 0.413 e. The Morgan fingerprint density at radius 1 is 1.16 bits per heavy atom. The molecule has 3 atom stereocenters. The van der Waals surface area contributed by atoms with E-state index in [1.54, 1.807) is 32.9 Å². The standard InChI is InChI=1S/C24H27N7O7/c1-24(2,3)38-22(35)14(25)9-30-17(21(33)34)16(20(30)32)31-12-28-15-18(26-11-27-19(15)31)29-23(36)37-10-13-7-5-4-6-8-13/h4-8,11-12,14,16-17H,9-10,25H2,1-3H3,(H,33,34)(H,26,27,29,36). The molecule has 14 nitrogen and oxygen atoms in total. The smallest absolute Gasteiger partial charge is 0.413 e. The Labute approximate surface area is 216 Å². The van der Waals surface area contributed by atoms with Gasteiger partial charge >= 0.3 is 18.0 Å². The third kappa shape index (κ3) is 5.54. The van der Waals surface area contributed by atoms with Crippen molar-refractivity contribution in [2.24, 2.45) is 5.73 Å². The van der Waals surface area contributed by atoms with E-state index < -0.39 is 47.7 Å². The van der Waals surface area contributed by atoms with Gasteiger partial charge in [-0.3, -0.25) is 19.5 Å². The van der Waals surface area contributed by atoms with Crippen LogP contribution in [0, 0.1) is 0 Å². The van der Waals surface area contributed by atoms with Gasteiger partial charge in [0.05, 0.1) is 6.33 Å². The minimum Gasteiger partial charge on any atom is -0.480 e. The number of ether oxygens (including phenoxy) is 2.